The minimum Gasteiger partial charge on any atom is -0.352 e. The first-order valence-electron chi connectivity index (χ1n) is 6.63. The van der Waals surface area contributed by atoms with Crippen molar-refractivity contribution in [1.82, 2.24) is 14.9 Å². The van der Waals surface area contributed by atoms with Gasteiger partial charge in [0.25, 0.3) is 0 Å². The third kappa shape index (κ3) is 2.21. The van der Waals surface area contributed by atoms with Crippen molar-refractivity contribution in [2.45, 2.75) is 57.0 Å². The largest absolute Gasteiger partial charge is 0.352 e. The van der Waals surface area contributed by atoms with Gasteiger partial charge in [0.1, 0.15) is 5.82 Å². The molecule has 1 aromatic heterocycles. The number of rotatable bonds is 3. The second kappa shape index (κ2) is 4.51. The molecule has 0 radical (unpaired) electrons. The fourth-order valence-corrected chi connectivity index (χ4v) is 3.07. The van der Waals surface area contributed by atoms with Crippen LogP contribution in [0.5, 0.6) is 0 Å². The second-order valence-electron chi connectivity index (χ2n) is 5.22. The molecule has 1 amide bonds. The van der Waals surface area contributed by atoms with E-state index in [-0.39, 0.29) is 5.91 Å². The number of hydrogen-bond acceptors (Lipinski definition) is 2. The van der Waals surface area contributed by atoms with Crippen LogP contribution in [0.2, 0.25) is 0 Å². The zero-order valence-electron chi connectivity index (χ0n) is 10.1. The van der Waals surface area contributed by atoms with Crippen molar-refractivity contribution in [3.63, 3.8) is 0 Å². The van der Waals surface area contributed by atoms with Gasteiger partial charge in [-0.05, 0) is 19.3 Å². The van der Waals surface area contributed by atoms with E-state index < -0.39 is 0 Å². The molecular formula is C13H19N3O. The van der Waals surface area contributed by atoms with Crippen LogP contribution in [0.15, 0.2) is 12.4 Å². The van der Waals surface area contributed by atoms with Crippen molar-refractivity contribution in [2.75, 3.05) is 0 Å². The maximum Gasteiger partial charge on any atom is 0.220 e. The van der Waals surface area contributed by atoms with Crippen molar-refractivity contribution < 1.29 is 4.79 Å². The highest BCUT2D eigenvalue weighted by Crippen LogP contribution is 2.33. The van der Waals surface area contributed by atoms with E-state index >= 15 is 0 Å². The van der Waals surface area contributed by atoms with E-state index in [2.05, 4.69) is 21.1 Å². The van der Waals surface area contributed by atoms with Gasteiger partial charge in [-0.1, -0.05) is 12.8 Å². The van der Waals surface area contributed by atoms with Gasteiger partial charge in [-0.2, -0.15) is 0 Å². The molecule has 1 atom stereocenters. The van der Waals surface area contributed by atoms with Gasteiger partial charge < -0.3 is 9.88 Å². The Labute approximate surface area is 101 Å². The number of amides is 1. The van der Waals surface area contributed by atoms with Crippen LogP contribution in [0.3, 0.4) is 0 Å². The first kappa shape index (κ1) is 10.8. The summed E-state index contributed by atoms with van der Waals surface area (Å²) in [6.07, 6.45) is 10.8. The van der Waals surface area contributed by atoms with Crippen LogP contribution in [0.1, 0.15) is 50.3 Å². The van der Waals surface area contributed by atoms with Gasteiger partial charge in [0.2, 0.25) is 5.91 Å². The van der Waals surface area contributed by atoms with Crippen LogP contribution < -0.4 is 5.32 Å². The normalized spacial score (nSPS) is 25.4. The zero-order chi connectivity index (χ0) is 11.7. The van der Waals surface area contributed by atoms with Crippen molar-refractivity contribution in [2.24, 2.45) is 0 Å². The summed E-state index contributed by atoms with van der Waals surface area (Å²) in [5.74, 6) is 2.06. The molecule has 4 nitrogen and oxygen atoms in total. The molecule has 1 saturated heterocycles. The summed E-state index contributed by atoms with van der Waals surface area (Å²) in [6, 6.07) is 0.303. The van der Waals surface area contributed by atoms with Crippen LogP contribution in [0.4, 0.5) is 0 Å². The predicted octanol–water partition coefficient (Wildman–Crippen LogP) is 1.82. The summed E-state index contributed by atoms with van der Waals surface area (Å²) >= 11 is 0. The zero-order valence-corrected chi connectivity index (χ0v) is 10.1. The molecule has 0 spiro atoms. The van der Waals surface area contributed by atoms with Gasteiger partial charge in [-0.15, -0.1) is 0 Å². The Kier molecular flexibility index (Phi) is 2.87. The molecule has 2 aliphatic rings. The van der Waals surface area contributed by atoms with E-state index in [9.17, 15) is 4.79 Å². The van der Waals surface area contributed by atoms with Gasteiger partial charge in [0, 0.05) is 37.3 Å². The predicted molar refractivity (Wildman–Crippen MR) is 64.6 cm³/mol. The van der Waals surface area contributed by atoms with E-state index in [1.165, 1.54) is 31.5 Å². The summed E-state index contributed by atoms with van der Waals surface area (Å²) in [5.41, 5.74) is 0. The maximum atomic E-state index is 11.2. The van der Waals surface area contributed by atoms with Gasteiger partial charge in [0.05, 0.1) is 0 Å². The SMILES string of the molecule is O=C1CCC(Cn2ccnc2C2CCCC2)N1. The Balaban J connectivity index is 1.70. The standard InChI is InChI=1S/C13H19N3O/c17-12-6-5-11(15-12)9-16-8-7-14-13(16)10-3-1-2-4-10/h7-8,10-11H,1-6,9H2,(H,15,17). The molecule has 4 heteroatoms. The highest BCUT2D eigenvalue weighted by Gasteiger charge is 2.25. The Morgan fingerprint density at radius 1 is 1.35 bits per heavy atom. The summed E-state index contributed by atoms with van der Waals surface area (Å²) in [5, 5.41) is 3.02. The molecule has 1 aromatic rings. The Bertz CT molecular complexity index is 407. The quantitative estimate of drug-likeness (QED) is 0.865. The Hall–Kier alpha value is -1.32. The molecule has 1 unspecified atom stereocenters. The fourth-order valence-electron chi connectivity index (χ4n) is 3.07. The molecule has 1 N–H and O–H groups in total. The van der Waals surface area contributed by atoms with Crippen molar-refractivity contribution in [3.8, 4) is 0 Å². The lowest BCUT2D eigenvalue weighted by molar-refractivity contribution is -0.119. The summed E-state index contributed by atoms with van der Waals surface area (Å²) in [6.45, 7) is 0.886. The number of aromatic nitrogens is 2. The third-order valence-electron chi connectivity index (χ3n) is 3.97. The number of carbonyl (C=O) groups is 1. The smallest absolute Gasteiger partial charge is 0.220 e. The van der Waals surface area contributed by atoms with Crippen molar-refractivity contribution in [3.05, 3.63) is 18.2 Å². The molecule has 17 heavy (non-hydrogen) atoms. The van der Waals surface area contributed by atoms with Crippen LogP contribution in [-0.2, 0) is 11.3 Å². The van der Waals surface area contributed by atoms with Gasteiger partial charge in [0.15, 0.2) is 0 Å². The number of nitrogens with one attached hydrogen (secondary N) is 1. The van der Waals surface area contributed by atoms with Gasteiger partial charge in [-0.3, -0.25) is 4.79 Å². The minimum absolute atomic E-state index is 0.192. The molecule has 1 aliphatic carbocycles. The molecule has 0 aromatic carbocycles. The highest BCUT2D eigenvalue weighted by molar-refractivity contribution is 5.78. The van der Waals surface area contributed by atoms with Crippen LogP contribution >= 0.6 is 0 Å². The van der Waals surface area contributed by atoms with E-state index in [0.29, 0.717) is 18.4 Å². The molecule has 2 fully saturated rings. The average molecular weight is 233 g/mol. The second-order valence-corrected chi connectivity index (χ2v) is 5.22. The van der Waals surface area contributed by atoms with Gasteiger partial charge >= 0.3 is 0 Å². The summed E-state index contributed by atoms with van der Waals surface area (Å²) in [4.78, 5) is 15.7. The van der Waals surface area contributed by atoms with E-state index in [4.69, 9.17) is 0 Å². The van der Waals surface area contributed by atoms with E-state index in [1.54, 1.807) is 0 Å². The Morgan fingerprint density at radius 2 is 2.18 bits per heavy atom. The van der Waals surface area contributed by atoms with Crippen LogP contribution in [0.25, 0.3) is 0 Å². The van der Waals surface area contributed by atoms with Crippen molar-refractivity contribution in [1.29, 1.82) is 0 Å². The molecule has 1 saturated carbocycles. The molecule has 1 aliphatic heterocycles. The highest BCUT2D eigenvalue weighted by atomic mass is 16.1. The molecular weight excluding hydrogens is 214 g/mol. The first-order valence-corrected chi connectivity index (χ1v) is 6.63. The lowest BCUT2D eigenvalue weighted by atomic mass is 10.1. The van der Waals surface area contributed by atoms with Crippen molar-refractivity contribution >= 4 is 5.91 Å². The molecule has 2 heterocycles. The number of nitrogens with zero attached hydrogens (tertiary/aromatic N) is 2. The lowest BCUT2D eigenvalue weighted by Gasteiger charge is -2.16. The molecule has 92 valence electrons. The summed E-state index contributed by atoms with van der Waals surface area (Å²) in [7, 11) is 0. The number of hydrogen-bond donors (Lipinski definition) is 1. The number of imidazole rings is 1. The molecule has 3 rings (SSSR count). The van der Waals surface area contributed by atoms with E-state index in [0.717, 1.165) is 13.0 Å². The van der Waals surface area contributed by atoms with Crippen LogP contribution in [-0.4, -0.2) is 21.5 Å². The van der Waals surface area contributed by atoms with Crippen LogP contribution in [0, 0.1) is 0 Å². The van der Waals surface area contributed by atoms with Gasteiger partial charge in [-0.25, -0.2) is 4.98 Å². The Morgan fingerprint density at radius 3 is 2.88 bits per heavy atom. The van der Waals surface area contributed by atoms with E-state index in [1.807, 2.05) is 6.20 Å². The first-order chi connectivity index (χ1) is 8.33. The minimum atomic E-state index is 0.192. The lowest BCUT2D eigenvalue weighted by Crippen LogP contribution is -2.30. The molecule has 0 bridgehead atoms. The summed E-state index contributed by atoms with van der Waals surface area (Å²) < 4.78 is 2.24. The monoisotopic (exact) mass is 233 g/mol. The topological polar surface area (TPSA) is 46.9 Å². The number of carbonyl (C=O) groups excluding carboxylic acids is 1. The average Bonchev–Trinajstić information content (AvgIpc) is 3.00. The third-order valence-corrected chi connectivity index (χ3v) is 3.97. The maximum absolute atomic E-state index is 11.2. The fraction of sp³-hybridized carbons (Fsp3) is 0.692.